The number of carbonyl (C=O) groups is 1. The fraction of sp³-hybridized carbons (Fsp3) is 0.318. The molecule has 1 atom stereocenters. The first-order chi connectivity index (χ1) is 13.7. The number of amides is 1. The van der Waals surface area contributed by atoms with E-state index in [1.165, 1.54) is 12.1 Å². The Morgan fingerprint density at radius 2 is 1.86 bits per heavy atom. The van der Waals surface area contributed by atoms with E-state index in [4.69, 9.17) is 0 Å². The second-order valence-corrected chi connectivity index (χ2v) is 7.66. The molecule has 1 saturated heterocycles. The second kappa shape index (κ2) is 6.55. The Balaban J connectivity index is 1.40. The van der Waals surface area contributed by atoms with E-state index in [-0.39, 0.29) is 23.2 Å². The van der Waals surface area contributed by atoms with Crippen LogP contribution in [0.4, 0.5) is 4.39 Å². The van der Waals surface area contributed by atoms with Gasteiger partial charge in [0.15, 0.2) is 5.82 Å². The van der Waals surface area contributed by atoms with Gasteiger partial charge in [-0.3, -0.25) is 9.89 Å². The highest BCUT2D eigenvalue weighted by Gasteiger charge is 2.54. The van der Waals surface area contributed by atoms with Gasteiger partial charge >= 0.3 is 0 Å². The molecule has 2 heterocycles. The molecule has 1 amide bonds. The first-order valence-corrected chi connectivity index (χ1v) is 9.72. The summed E-state index contributed by atoms with van der Waals surface area (Å²) in [4.78, 5) is 20.0. The summed E-state index contributed by atoms with van der Waals surface area (Å²) >= 11 is 0. The minimum absolute atomic E-state index is 0.0876. The summed E-state index contributed by atoms with van der Waals surface area (Å²) in [5.74, 6) is 1.14. The molecule has 1 N–H and O–H groups in total. The minimum atomic E-state index is -0.371. The smallest absolute Gasteiger partial charge is 0.233 e. The molecule has 2 aliphatic rings. The van der Waals surface area contributed by atoms with Crippen LogP contribution in [0.5, 0.6) is 0 Å². The second-order valence-electron chi connectivity index (χ2n) is 7.66. The van der Waals surface area contributed by atoms with Gasteiger partial charge in [0.2, 0.25) is 5.91 Å². The number of benzene rings is 2. The number of aromatic nitrogens is 3. The molecule has 5 rings (SSSR count). The number of halogens is 1. The topological polar surface area (TPSA) is 61.9 Å². The first-order valence-electron chi connectivity index (χ1n) is 9.72. The highest BCUT2D eigenvalue weighted by Crippen LogP contribution is 2.51. The molecule has 1 aliphatic heterocycles. The molecule has 3 aromatic rings. The van der Waals surface area contributed by atoms with Crippen LogP contribution in [0.2, 0.25) is 0 Å². The molecule has 1 aliphatic carbocycles. The van der Waals surface area contributed by atoms with Gasteiger partial charge < -0.3 is 4.90 Å². The van der Waals surface area contributed by atoms with E-state index in [9.17, 15) is 9.18 Å². The summed E-state index contributed by atoms with van der Waals surface area (Å²) in [5.41, 5.74) is 1.49. The Bertz CT molecular complexity index is 995. The molecule has 142 valence electrons. The average Bonchev–Trinajstić information content (AvgIpc) is 3.15. The molecular formula is C22H21FN4O. The number of hydrogen-bond donors (Lipinski definition) is 1. The zero-order chi connectivity index (χ0) is 19.1. The Morgan fingerprint density at radius 1 is 1.11 bits per heavy atom. The molecule has 2 fully saturated rings. The number of hydrogen-bond acceptors (Lipinski definition) is 3. The van der Waals surface area contributed by atoms with Crippen LogP contribution in [0.1, 0.15) is 43.1 Å². The Kier molecular flexibility index (Phi) is 4.00. The van der Waals surface area contributed by atoms with Crippen molar-refractivity contribution in [3.63, 3.8) is 0 Å². The van der Waals surface area contributed by atoms with Crippen molar-refractivity contribution >= 4 is 5.91 Å². The minimum Gasteiger partial charge on any atom is -0.332 e. The van der Waals surface area contributed by atoms with Gasteiger partial charge in [-0.1, -0.05) is 30.3 Å². The van der Waals surface area contributed by atoms with Gasteiger partial charge in [-0.15, -0.1) is 0 Å². The third kappa shape index (κ3) is 2.80. The van der Waals surface area contributed by atoms with Crippen molar-refractivity contribution in [3.8, 4) is 11.4 Å². The van der Waals surface area contributed by atoms with Crippen LogP contribution in [0.25, 0.3) is 11.4 Å². The Labute approximate surface area is 162 Å². The first kappa shape index (κ1) is 17.1. The molecule has 2 aromatic carbocycles. The lowest BCUT2D eigenvalue weighted by Crippen LogP contribution is -2.39. The van der Waals surface area contributed by atoms with Gasteiger partial charge in [-0.25, -0.2) is 9.37 Å². The van der Waals surface area contributed by atoms with Gasteiger partial charge in [0.05, 0.1) is 11.5 Å². The monoisotopic (exact) mass is 376 g/mol. The lowest BCUT2D eigenvalue weighted by molar-refractivity contribution is -0.135. The molecule has 1 aromatic heterocycles. The van der Waals surface area contributed by atoms with E-state index in [1.807, 2.05) is 23.1 Å². The molecule has 0 bridgehead atoms. The average molecular weight is 376 g/mol. The molecule has 5 nitrogen and oxygen atoms in total. The van der Waals surface area contributed by atoms with Crippen molar-refractivity contribution in [1.82, 2.24) is 20.1 Å². The number of H-pyrrole nitrogens is 1. The number of nitrogens with one attached hydrogen (secondary N) is 1. The van der Waals surface area contributed by atoms with Crippen molar-refractivity contribution < 1.29 is 9.18 Å². The third-order valence-corrected chi connectivity index (χ3v) is 5.92. The molecule has 1 saturated carbocycles. The van der Waals surface area contributed by atoms with Crippen LogP contribution >= 0.6 is 0 Å². The van der Waals surface area contributed by atoms with Crippen LogP contribution in [0.3, 0.4) is 0 Å². The standard InChI is InChI=1S/C22H21FN4O/c23-17-10-8-15(9-11-17)19-24-20(26-25-19)18-7-4-14-27(18)21(28)22(12-13-22)16-5-2-1-3-6-16/h1-3,5-6,8-11,18H,4,7,12-14H2,(H,24,25,26)/t18-/m0/s1. The lowest BCUT2D eigenvalue weighted by Gasteiger charge is -2.28. The fourth-order valence-corrected chi connectivity index (χ4v) is 4.23. The summed E-state index contributed by atoms with van der Waals surface area (Å²) in [6.45, 7) is 0.741. The molecule has 28 heavy (non-hydrogen) atoms. The fourth-order valence-electron chi connectivity index (χ4n) is 4.23. The number of rotatable bonds is 4. The van der Waals surface area contributed by atoms with Crippen molar-refractivity contribution in [2.75, 3.05) is 6.54 Å². The molecule has 0 spiro atoms. The van der Waals surface area contributed by atoms with Crippen molar-refractivity contribution in [3.05, 3.63) is 71.8 Å². The Morgan fingerprint density at radius 3 is 2.57 bits per heavy atom. The highest BCUT2D eigenvalue weighted by atomic mass is 19.1. The molecule has 0 unspecified atom stereocenters. The molecule has 6 heteroatoms. The predicted octanol–water partition coefficient (Wildman–Crippen LogP) is 4.01. The maximum Gasteiger partial charge on any atom is 0.233 e. The van der Waals surface area contributed by atoms with E-state index in [1.54, 1.807) is 12.1 Å². The number of nitrogens with zero attached hydrogens (tertiary/aromatic N) is 3. The summed E-state index contributed by atoms with van der Waals surface area (Å²) in [6, 6.07) is 16.1. The number of likely N-dealkylation sites (tertiary alicyclic amines) is 1. The molecular weight excluding hydrogens is 355 g/mol. The largest absolute Gasteiger partial charge is 0.332 e. The van der Waals surface area contributed by atoms with Gasteiger partial charge in [-0.05, 0) is 55.5 Å². The molecule has 0 radical (unpaired) electrons. The van der Waals surface area contributed by atoms with E-state index in [0.717, 1.165) is 43.4 Å². The van der Waals surface area contributed by atoms with Crippen LogP contribution in [-0.2, 0) is 10.2 Å². The zero-order valence-electron chi connectivity index (χ0n) is 15.4. The maximum atomic E-state index is 13.5. The van der Waals surface area contributed by atoms with Gasteiger partial charge in [0, 0.05) is 12.1 Å². The van der Waals surface area contributed by atoms with Crippen LogP contribution in [0.15, 0.2) is 54.6 Å². The Hall–Kier alpha value is -3.02. The SMILES string of the molecule is O=C(N1CCC[C@H]1c1nc(-c2ccc(F)cc2)n[nH]1)C1(c2ccccc2)CC1. The quantitative estimate of drug-likeness (QED) is 0.748. The van der Waals surface area contributed by atoms with Crippen molar-refractivity contribution in [2.24, 2.45) is 0 Å². The predicted molar refractivity (Wildman–Crippen MR) is 103 cm³/mol. The van der Waals surface area contributed by atoms with Crippen molar-refractivity contribution in [1.29, 1.82) is 0 Å². The van der Waals surface area contributed by atoms with E-state index >= 15 is 0 Å². The van der Waals surface area contributed by atoms with Gasteiger partial charge in [0.25, 0.3) is 0 Å². The maximum absolute atomic E-state index is 13.5. The lowest BCUT2D eigenvalue weighted by atomic mass is 9.94. The summed E-state index contributed by atoms with van der Waals surface area (Å²) < 4.78 is 13.2. The van der Waals surface area contributed by atoms with E-state index in [2.05, 4.69) is 27.3 Å². The van der Waals surface area contributed by atoms with Crippen LogP contribution in [-0.4, -0.2) is 32.5 Å². The van der Waals surface area contributed by atoms with E-state index in [0.29, 0.717) is 11.6 Å². The van der Waals surface area contributed by atoms with Gasteiger partial charge in [-0.2, -0.15) is 5.10 Å². The number of aromatic amines is 1. The van der Waals surface area contributed by atoms with Gasteiger partial charge in [0.1, 0.15) is 11.6 Å². The summed E-state index contributed by atoms with van der Waals surface area (Å²) in [5, 5.41) is 7.30. The summed E-state index contributed by atoms with van der Waals surface area (Å²) in [6.07, 6.45) is 3.62. The third-order valence-electron chi connectivity index (χ3n) is 5.92. The van der Waals surface area contributed by atoms with Crippen LogP contribution < -0.4 is 0 Å². The zero-order valence-corrected chi connectivity index (χ0v) is 15.4. The van der Waals surface area contributed by atoms with Crippen LogP contribution in [0, 0.1) is 5.82 Å². The summed E-state index contributed by atoms with van der Waals surface area (Å²) in [7, 11) is 0. The number of carbonyl (C=O) groups excluding carboxylic acids is 1. The normalized spacial score (nSPS) is 20.3. The van der Waals surface area contributed by atoms with E-state index < -0.39 is 0 Å². The van der Waals surface area contributed by atoms with Crippen molar-refractivity contribution in [2.45, 2.75) is 37.1 Å². The highest BCUT2D eigenvalue weighted by molar-refractivity contribution is 5.91.